The molecule has 3 rings (SSSR count). The third-order valence-corrected chi connectivity index (χ3v) is 5.85. The van der Waals surface area contributed by atoms with Crippen LogP contribution in [0.5, 0.6) is 0 Å². The summed E-state index contributed by atoms with van der Waals surface area (Å²) in [6, 6.07) is 9.55. The van der Waals surface area contributed by atoms with Crippen LogP contribution in [0.2, 0.25) is 0 Å². The molecule has 1 fully saturated rings. The van der Waals surface area contributed by atoms with Crippen LogP contribution in [0.15, 0.2) is 54.1 Å². The Labute approximate surface area is 165 Å². The van der Waals surface area contributed by atoms with Crippen molar-refractivity contribution in [1.82, 2.24) is 0 Å². The molecule has 2 aliphatic carbocycles. The van der Waals surface area contributed by atoms with E-state index >= 15 is 0 Å². The number of rotatable bonds is 4. The lowest BCUT2D eigenvalue weighted by molar-refractivity contribution is -0.366. The van der Waals surface area contributed by atoms with Crippen LogP contribution >= 0.6 is 0 Å². The Morgan fingerprint density at radius 1 is 1.07 bits per heavy atom. The van der Waals surface area contributed by atoms with E-state index in [4.69, 9.17) is 4.74 Å². The summed E-state index contributed by atoms with van der Waals surface area (Å²) in [6.07, 6.45) is 6.49. The lowest BCUT2D eigenvalue weighted by atomic mass is 9.70. The van der Waals surface area contributed by atoms with E-state index < -0.39 is 12.0 Å². The average Bonchev–Trinajstić information content (AvgIpc) is 2.68. The van der Waals surface area contributed by atoms with Crippen LogP contribution in [0.4, 0.5) is 13.2 Å². The molecule has 1 aromatic carbocycles. The van der Waals surface area contributed by atoms with Gasteiger partial charge in [-0.25, -0.2) is 0 Å². The molecule has 0 saturated heterocycles. The molecule has 1 aromatic rings. The minimum absolute atomic E-state index is 0.113. The van der Waals surface area contributed by atoms with Crippen molar-refractivity contribution in [2.45, 2.75) is 63.8 Å². The first-order valence-electron chi connectivity index (χ1n) is 10.1. The molecule has 0 radical (unpaired) electrons. The molecular formula is C24H27F3O. The summed E-state index contributed by atoms with van der Waals surface area (Å²) in [6.45, 7) is 2.16. The smallest absolute Gasteiger partial charge is 0.280 e. The van der Waals surface area contributed by atoms with Gasteiger partial charge >= 0.3 is 6.36 Å². The number of alkyl halides is 3. The monoisotopic (exact) mass is 388 g/mol. The van der Waals surface area contributed by atoms with E-state index in [1.807, 2.05) is 30.3 Å². The molecule has 0 bridgehead atoms. The Balaban J connectivity index is 1.73. The van der Waals surface area contributed by atoms with E-state index in [2.05, 4.69) is 18.8 Å². The van der Waals surface area contributed by atoms with E-state index in [-0.39, 0.29) is 12.3 Å². The maximum absolute atomic E-state index is 13.2. The molecule has 2 aliphatic rings. The third-order valence-electron chi connectivity index (χ3n) is 5.85. The molecule has 0 spiro atoms. The van der Waals surface area contributed by atoms with Crippen molar-refractivity contribution >= 4 is 0 Å². The second-order valence-corrected chi connectivity index (χ2v) is 7.82. The Hall–Kier alpha value is -1.99. The number of hydrogen-bond donors (Lipinski definition) is 0. The predicted molar refractivity (Wildman–Crippen MR) is 105 cm³/mol. The Bertz CT molecular complexity index is 759. The van der Waals surface area contributed by atoms with Gasteiger partial charge in [0.25, 0.3) is 0 Å². The van der Waals surface area contributed by atoms with Gasteiger partial charge in [-0.05, 0) is 42.9 Å². The minimum atomic E-state index is -4.65. The quantitative estimate of drug-likeness (QED) is 0.515. The SMILES string of the molecule is CCCC1CCC(C2(OC(F)(F)F)C=CC(C#Cc3ccccc3)=CC2)CC1. The highest BCUT2D eigenvalue weighted by Crippen LogP contribution is 2.45. The molecule has 1 atom stereocenters. The molecule has 0 aliphatic heterocycles. The van der Waals surface area contributed by atoms with E-state index in [9.17, 15) is 13.2 Å². The van der Waals surface area contributed by atoms with Crippen LogP contribution in [0.3, 0.4) is 0 Å². The predicted octanol–water partition coefficient (Wildman–Crippen LogP) is 6.81. The van der Waals surface area contributed by atoms with E-state index in [0.29, 0.717) is 5.92 Å². The number of benzene rings is 1. The van der Waals surface area contributed by atoms with Gasteiger partial charge in [0.15, 0.2) is 0 Å². The van der Waals surface area contributed by atoms with Gasteiger partial charge in [-0.15, -0.1) is 13.2 Å². The fourth-order valence-electron chi connectivity index (χ4n) is 4.42. The Kier molecular flexibility index (Phi) is 6.67. The van der Waals surface area contributed by atoms with E-state index in [0.717, 1.165) is 49.7 Å². The van der Waals surface area contributed by atoms with Crippen molar-refractivity contribution in [2.24, 2.45) is 11.8 Å². The Morgan fingerprint density at radius 3 is 2.36 bits per heavy atom. The number of allylic oxidation sites excluding steroid dienone is 2. The van der Waals surface area contributed by atoms with Crippen LogP contribution in [0.1, 0.15) is 57.4 Å². The lowest BCUT2D eigenvalue weighted by Gasteiger charge is -2.43. The van der Waals surface area contributed by atoms with Crippen LogP contribution < -0.4 is 0 Å². The summed E-state index contributed by atoms with van der Waals surface area (Å²) in [5, 5.41) is 0. The van der Waals surface area contributed by atoms with Crippen LogP contribution in [0.25, 0.3) is 0 Å². The minimum Gasteiger partial charge on any atom is -0.280 e. The van der Waals surface area contributed by atoms with Gasteiger partial charge in [0.05, 0.1) is 0 Å². The number of ether oxygens (including phenoxy) is 1. The molecule has 4 heteroatoms. The highest BCUT2D eigenvalue weighted by Gasteiger charge is 2.47. The second kappa shape index (κ2) is 9.01. The Morgan fingerprint density at radius 2 is 1.79 bits per heavy atom. The van der Waals surface area contributed by atoms with Crippen LogP contribution in [-0.4, -0.2) is 12.0 Å². The van der Waals surface area contributed by atoms with Gasteiger partial charge in [-0.3, -0.25) is 4.74 Å². The van der Waals surface area contributed by atoms with Gasteiger partial charge < -0.3 is 0 Å². The molecular weight excluding hydrogens is 361 g/mol. The largest absolute Gasteiger partial charge is 0.523 e. The molecule has 150 valence electrons. The molecule has 0 heterocycles. The molecule has 0 amide bonds. The van der Waals surface area contributed by atoms with Crippen LogP contribution in [0, 0.1) is 23.7 Å². The van der Waals surface area contributed by atoms with Gasteiger partial charge in [-0.2, -0.15) is 0 Å². The first-order valence-corrected chi connectivity index (χ1v) is 10.1. The summed E-state index contributed by atoms with van der Waals surface area (Å²) in [5.74, 6) is 6.64. The normalized spacial score (nSPS) is 27.6. The standard InChI is InChI=1S/C24H27F3O/c1-2-6-19-11-13-22(14-12-19)23(28-24(25,26)27)17-15-21(16-18-23)10-9-20-7-4-3-5-8-20/h3-5,7-8,15-17,19,22H,2,6,11-14,18H2,1H3. The van der Waals surface area contributed by atoms with Crippen molar-refractivity contribution in [3.63, 3.8) is 0 Å². The fourth-order valence-corrected chi connectivity index (χ4v) is 4.42. The zero-order chi connectivity index (χ0) is 20.0. The van der Waals surface area contributed by atoms with E-state index in [1.165, 1.54) is 0 Å². The number of hydrogen-bond acceptors (Lipinski definition) is 1. The first kappa shape index (κ1) is 20.7. The van der Waals surface area contributed by atoms with Gasteiger partial charge in [-0.1, -0.05) is 74.8 Å². The lowest BCUT2D eigenvalue weighted by Crippen LogP contribution is -2.45. The van der Waals surface area contributed by atoms with Crippen molar-refractivity contribution in [3.05, 3.63) is 59.7 Å². The highest BCUT2D eigenvalue weighted by atomic mass is 19.4. The maximum Gasteiger partial charge on any atom is 0.523 e. The van der Waals surface area contributed by atoms with Crippen molar-refractivity contribution < 1.29 is 17.9 Å². The zero-order valence-corrected chi connectivity index (χ0v) is 16.3. The van der Waals surface area contributed by atoms with Crippen molar-refractivity contribution in [3.8, 4) is 11.8 Å². The fraction of sp³-hybridized carbons (Fsp3) is 0.500. The average molecular weight is 388 g/mol. The topological polar surface area (TPSA) is 9.23 Å². The summed E-state index contributed by atoms with van der Waals surface area (Å²) in [7, 11) is 0. The summed E-state index contributed by atoms with van der Waals surface area (Å²) in [4.78, 5) is 0. The summed E-state index contributed by atoms with van der Waals surface area (Å²) in [5.41, 5.74) is 0.326. The highest BCUT2D eigenvalue weighted by molar-refractivity contribution is 5.47. The third kappa shape index (κ3) is 5.52. The van der Waals surface area contributed by atoms with Gasteiger partial charge in [0.2, 0.25) is 0 Å². The molecule has 0 aromatic heterocycles. The van der Waals surface area contributed by atoms with Crippen molar-refractivity contribution in [2.75, 3.05) is 0 Å². The molecule has 0 N–H and O–H groups in total. The molecule has 1 unspecified atom stereocenters. The summed E-state index contributed by atoms with van der Waals surface area (Å²) >= 11 is 0. The zero-order valence-electron chi connectivity index (χ0n) is 16.3. The van der Waals surface area contributed by atoms with Crippen LogP contribution in [-0.2, 0) is 4.74 Å². The second-order valence-electron chi connectivity index (χ2n) is 7.82. The molecule has 1 nitrogen and oxygen atoms in total. The van der Waals surface area contributed by atoms with Gasteiger partial charge in [0, 0.05) is 17.6 Å². The number of halogens is 3. The molecule has 28 heavy (non-hydrogen) atoms. The maximum atomic E-state index is 13.2. The first-order chi connectivity index (χ1) is 13.4. The van der Waals surface area contributed by atoms with Gasteiger partial charge in [0.1, 0.15) is 5.60 Å². The van der Waals surface area contributed by atoms with E-state index in [1.54, 1.807) is 18.2 Å². The summed E-state index contributed by atoms with van der Waals surface area (Å²) < 4.78 is 44.3. The molecule has 1 saturated carbocycles. The van der Waals surface area contributed by atoms with Crippen molar-refractivity contribution in [1.29, 1.82) is 0 Å².